The zero-order valence-electron chi connectivity index (χ0n) is 15.8. The van der Waals surface area contributed by atoms with Crippen molar-refractivity contribution < 1.29 is 22.4 Å². The van der Waals surface area contributed by atoms with E-state index in [1.807, 2.05) is 0 Å². The van der Waals surface area contributed by atoms with E-state index in [0.717, 1.165) is 38.5 Å². The quantitative estimate of drug-likeness (QED) is 0.503. The van der Waals surface area contributed by atoms with Crippen LogP contribution in [0.1, 0.15) is 66.2 Å². The Kier molecular flexibility index (Phi) is 8.12. The molecule has 5 nitrogen and oxygen atoms in total. The van der Waals surface area contributed by atoms with E-state index in [9.17, 15) is 0 Å². The molecule has 9 heteroatoms. The molecule has 0 spiro atoms. The van der Waals surface area contributed by atoms with E-state index in [-0.39, 0.29) is 10.8 Å². The maximum atomic E-state index is 6.04. The van der Waals surface area contributed by atoms with Gasteiger partial charge in [-0.05, 0) is 60.1 Å². The summed E-state index contributed by atoms with van der Waals surface area (Å²) in [5.74, 6) is 0. The van der Waals surface area contributed by atoms with Crippen LogP contribution < -0.4 is 0 Å². The molecule has 2 atom stereocenters. The van der Waals surface area contributed by atoms with Crippen LogP contribution in [-0.4, -0.2) is 26.4 Å². The minimum absolute atomic E-state index is 0.0380. The van der Waals surface area contributed by atoms with Gasteiger partial charge in [-0.2, -0.15) is 0 Å². The molecule has 0 N–H and O–H groups in total. The Labute approximate surface area is 163 Å². The lowest BCUT2D eigenvalue weighted by Gasteiger charge is -2.31. The molecule has 0 aromatic carbocycles. The first-order chi connectivity index (χ1) is 11.5. The number of rotatable bonds is 2. The van der Waals surface area contributed by atoms with Crippen LogP contribution in [0.4, 0.5) is 0 Å². The SMILES string of the molecule is CC1(C)CCCCOP(=S)(OP2(=S)OCCCCC(C)(C)CO2)OC1. The lowest BCUT2D eigenvalue weighted by atomic mass is 9.88. The lowest BCUT2D eigenvalue weighted by Crippen LogP contribution is -2.19. The zero-order valence-corrected chi connectivity index (χ0v) is 19.2. The molecule has 0 amide bonds. The average molecular weight is 431 g/mol. The van der Waals surface area contributed by atoms with Crippen LogP contribution in [0.5, 0.6) is 0 Å². The molecule has 25 heavy (non-hydrogen) atoms. The van der Waals surface area contributed by atoms with E-state index in [2.05, 4.69) is 27.7 Å². The van der Waals surface area contributed by atoms with Crippen molar-refractivity contribution in [1.29, 1.82) is 0 Å². The summed E-state index contributed by atoms with van der Waals surface area (Å²) in [4.78, 5) is 0. The predicted molar refractivity (Wildman–Crippen MR) is 109 cm³/mol. The van der Waals surface area contributed by atoms with Gasteiger partial charge in [0, 0.05) is 0 Å². The second kappa shape index (κ2) is 9.07. The van der Waals surface area contributed by atoms with Crippen molar-refractivity contribution in [3.63, 3.8) is 0 Å². The molecule has 0 aromatic heterocycles. The highest BCUT2D eigenvalue weighted by atomic mass is 32.5. The Morgan fingerprint density at radius 2 is 1.08 bits per heavy atom. The monoisotopic (exact) mass is 430 g/mol. The van der Waals surface area contributed by atoms with Gasteiger partial charge in [0.05, 0.1) is 26.4 Å². The van der Waals surface area contributed by atoms with Gasteiger partial charge in [0.1, 0.15) is 0 Å². The molecule has 2 heterocycles. The summed E-state index contributed by atoms with van der Waals surface area (Å²) < 4.78 is 29.7. The maximum Gasteiger partial charge on any atom is 0.334 e. The Morgan fingerprint density at radius 3 is 1.48 bits per heavy atom. The first-order valence-corrected chi connectivity index (χ1v) is 14.1. The largest absolute Gasteiger partial charge is 0.334 e. The third kappa shape index (κ3) is 7.93. The van der Waals surface area contributed by atoms with Crippen molar-refractivity contribution in [3.05, 3.63) is 0 Å². The molecule has 0 bridgehead atoms. The van der Waals surface area contributed by atoms with Gasteiger partial charge >= 0.3 is 13.4 Å². The molecule has 2 fully saturated rings. The summed E-state index contributed by atoms with van der Waals surface area (Å²) in [5, 5.41) is 0. The van der Waals surface area contributed by atoms with Crippen LogP contribution in [0.2, 0.25) is 0 Å². The predicted octanol–water partition coefficient (Wildman–Crippen LogP) is 5.94. The fraction of sp³-hybridized carbons (Fsp3) is 1.00. The van der Waals surface area contributed by atoms with Crippen LogP contribution in [0.15, 0.2) is 0 Å². The summed E-state index contributed by atoms with van der Waals surface area (Å²) in [6.45, 7) is 4.74. The zero-order chi connectivity index (χ0) is 18.6. The summed E-state index contributed by atoms with van der Waals surface area (Å²) >= 11 is 11.3. The van der Waals surface area contributed by atoms with Gasteiger partial charge in [-0.1, -0.05) is 40.5 Å². The minimum atomic E-state index is -2.99. The third-order valence-electron chi connectivity index (χ3n) is 4.42. The van der Waals surface area contributed by atoms with Crippen molar-refractivity contribution in [2.24, 2.45) is 10.8 Å². The molecular weight excluding hydrogens is 398 g/mol. The van der Waals surface area contributed by atoms with E-state index in [0.29, 0.717) is 26.4 Å². The van der Waals surface area contributed by atoms with Crippen molar-refractivity contribution >= 4 is 37.1 Å². The highest BCUT2D eigenvalue weighted by Crippen LogP contribution is 2.67. The molecule has 2 unspecified atom stereocenters. The molecule has 2 rings (SSSR count). The van der Waals surface area contributed by atoms with Gasteiger partial charge in [-0.15, -0.1) is 0 Å². The highest BCUT2D eigenvalue weighted by molar-refractivity contribution is 8.14. The Bertz CT molecular complexity index is 493. The van der Waals surface area contributed by atoms with E-state index >= 15 is 0 Å². The first kappa shape index (κ1) is 22.4. The van der Waals surface area contributed by atoms with Crippen LogP contribution in [0, 0.1) is 10.8 Å². The highest BCUT2D eigenvalue weighted by Gasteiger charge is 2.37. The van der Waals surface area contributed by atoms with Gasteiger partial charge < -0.3 is 18.1 Å². The normalized spacial score (nSPS) is 37.6. The summed E-state index contributed by atoms with van der Waals surface area (Å²) in [7, 11) is 0. The van der Waals surface area contributed by atoms with Crippen LogP contribution in [0.3, 0.4) is 0 Å². The summed E-state index contributed by atoms with van der Waals surface area (Å²) in [6.07, 6.45) is 6.18. The van der Waals surface area contributed by atoms with Gasteiger partial charge in [0.15, 0.2) is 0 Å². The van der Waals surface area contributed by atoms with Crippen LogP contribution in [-0.2, 0) is 46.0 Å². The molecule has 148 valence electrons. The topological polar surface area (TPSA) is 46.2 Å². The lowest BCUT2D eigenvalue weighted by molar-refractivity contribution is 0.119. The fourth-order valence-electron chi connectivity index (χ4n) is 2.71. The second-order valence-corrected chi connectivity index (χ2v) is 14.6. The van der Waals surface area contributed by atoms with Crippen molar-refractivity contribution in [2.75, 3.05) is 26.4 Å². The maximum absolute atomic E-state index is 6.04. The van der Waals surface area contributed by atoms with Gasteiger partial charge in [0.2, 0.25) is 0 Å². The van der Waals surface area contributed by atoms with Crippen molar-refractivity contribution in [2.45, 2.75) is 66.2 Å². The van der Waals surface area contributed by atoms with Crippen molar-refractivity contribution in [3.8, 4) is 0 Å². The number of hydrogen-bond acceptors (Lipinski definition) is 7. The molecule has 2 aliphatic heterocycles. The van der Waals surface area contributed by atoms with E-state index in [1.54, 1.807) is 0 Å². The van der Waals surface area contributed by atoms with Gasteiger partial charge in [-0.25, -0.2) is 4.31 Å². The average Bonchev–Trinajstić information content (AvgIpc) is 2.60. The molecule has 0 aromatic rings. The minimum Gasteiger partial charge on any atom is -0.308 e. The van der Waals surface area contributed by atoms with Crippen LogP contribution in [0.25, 0.3) is 0 Å². The van der Waals surface area contributed by atoms with E-state index in [1.165, 1.54) is 0 Å². The van der Waals surface area contributed by atoms with Gasteiger partial charge in [-0.3, -0.25) is 0 Å². The van der Waals surface area contributed by atoms with Crippen LogP contribution >= 0.6 is 13.4 Å². The molecule has 0 saturated carbocycles. The molecule has 0 radical (unpaired) electrons. The Balaban J connectivity index is 2.11. The standard InChI is InChI=1S/C16H32O5P2S2/c1-15(2)9-5-7-11-17-22(24,19-13-15)21-23(25)18-12-8-6-10-16(3,4)14-20-23/h5-14H2,1-4H3. The summed E-state index contributed by atoms with van der Waals surface area (Å²) in [6, 6.07) is 0. The molecular formula is C16H32O5P2S2. The Hall–Kier alpha value is 1.10. The molecule has 0 aliphatic carbocycles. The van der Waals surface area contributed by atoms with Gasteiger partial charge in [0.25, 0.3) is 0 Å². The molecule has 2 saturated heterocycles. The second-order valence-electron chi connectivity index (χ2n) is 8.43. The Morgan fingerprint density at radius 1 is 0.680 bits per heavy atom. The molecule has 2 aliphatic rings. The fourth-order valence-corrected chi connectivity index (χ4v) is 9.03. The third-order valence-corrected chi connectivity index (χ3v) is 10.4. The smallest absolute Gasteiger partial charge is 0.308 e. The first-order valence-electron chi connectivity index (χ1n) is 9.03. The summed E-state index contributed by atoms with van der Waals surface area (Å²) in [5.41, 5.74) is 0.0760. The van der Waals surface area contributed by atoms with E-state index in [4.69, 9.17) is 46.0 Å². The van der Waals surface area contributed by atoms with E-state index < -0.39 is 13.4 Å². The van der Waals surface area contributed by atoms with Crippen molar-refractivity contribution in [1.82, 2.24) is 0 Å². The number of hydrogen-bond donors (Lipinski definition) is 0.